The Bertz CT molecular complexity index is 1060. The summed E-state index contributed by atoms with van der Waals surface area (Å²) in [5.41, 5.74) is 11.0. The van der Waals surface area contributed by atoms with E-state index in [0.717, 1.165) is 0 Å². The van der Waals surface area contributed by atoms with E-state index in [1.54, 1.807) is 48.5 Å². The molecule has 0 saturated carbocycles. The topological polar surface area (TPSA) is 195 Å². The van der Waals surface area contributed by atoms with Crippen LogP contribution in [0.15, 0.2) is 58.0 Å². The van der Waals surface area contributed by atoms with Crippen molar-refractivity contribution in [2.45, 2.75) is 0 Å². The van der Waals surface area contributed by atoms with E-state index in [2.05, 4.69) is 0 Å². The van der Waals surface area contributed by atoms with Crippen molar-refractivity contribution in [1.82, 2.24) is 0 Å². The van der Waals surface area contributed by atoms with Crippen LogP contribution in [0.1, 0.15) is 11.1 Å². The Hall–Kier alpha value is -5.28. The second-order valence-electron chi connectivity index (χ2n) is 5.03. The second kappa shape index (κ2) is 9.88. The number of nitrogens with two attached hydrogens (primary N) is 2. The lowest BCUT2D eigenvalue weighted by Crippen LogP contribution is -2.04. The van der Waals surface area contributed by atoms with Crippen LogP contribution in [-0.4, -0.2) is 0 Å². The maximum absolute atomic E-state index is 9.25. The number of nitrogens with zero attached hydrogens (tertiary/aromatic N) is 6. The lowest BCUT2D eigenvalue weighted by molar-refractivity contribution is 1.31. The average molecular weight is 362 g/mol. The predicted molar refractivity (Wildman–Crippen MR) is 98.5 cm³/mol. The standard InChI is InChI=1S/C20H10N8/c21-7-15(19(27)17(9-23)10-24)5-13-2-1-3-14(4-13)6-16(8-22)20(28)18(11-25)12-26/h1-6H,27-28H2/b15-5-,16-6+. The van der Waals surface area contributed by atoms with Crippen LogP contribution in [0.2, 0.25) is 0 Å². The number of benzene rings is 1. The lowest BCUT2D eigenvalue weighted by Gasteiger charge is -2.03. The minimum atomic E-state index is -0.380. The largest absolute Gasteiger partial charge is 0.396 e. The number of allylic oxidation sites excluding steroid dienone is 4. The quantitative estimate of drug-likeness (QED) is 0.599. The minimum Gasteiger partial charge on any atom is -0.396 e. The normalized spacial score (nSPS) is 9.93. The molecule has 8 heteroatoms. The first-order valence-electron chi connectivity index (χ1n) is 7.40. The molecule has 0 unspecified atom stereocenters. The van der Waals surface area contributed by atoms with Crippen LogP contribution in [0.5, 0.6) is 0 Å². The SMILES string of the molecule is N#CC(C#N)=C(N)/C(C#N)=C/c1cccc(/C=C(/C#N)C(N)=C(C#N)C#N)c1. The van der Waals surface area contributed by atoms with Crippen LogP contribution in [0.4, 0.5) is 0 Å². The van der Waals surface area contributed by atoms with Crippen molar-refractivity contribution in [3.63, 3.8) is 0 Å². The Labute approximate surface area is 161 Å². The Balaban J connectivity index is 3.50. The van der Waals surface area contributed by atoms with Gasteiger partial charge in [0.1, 0.15) is 36.4 Å². The van der Waals surface area contributed by atoms with Crippen LogP contribution in [-0.2, 0) is 0 Å². The maximum atomic E-state index is 9.25. The highest BCUT2D eigenvalue weighted by Gasteiger charge is 2.09. The van der Waals surface area contributed by atoms with Crippen molar-refractivity contribution in [1.29, 1.82) is 31.6 Å². The van der Waals surface area contributed by atoms with Crippen LogP contribution in [0, 0.1) is 68.0 Å². The van der Waals surface area contributed by atoms with Gasteiger partial charge in [-0.2, -0.15) is 31.6 Å². The monoisotopic (exact) mass is 362 g/mol. The molecule has 8 nitrogen and oxygen atoms in total. The molecule has 0 aliphatic rings. The average Bonchev–Trinajstić information content (AvgIpc) is 2.72. The molecule has 0 atom stereocenters. The zero-order valence-electron chi connectivity index (χ0n) is 14.3. The second-order valence-corrected chi connectivity index (χ2v) is 5.03. The molecular weight excluding hydrogens is 352 g/mol. The minimum absolute atomic E-state index is 0.0737. The van der Waals surface area contributed by atoms with Crippen molar-refractivity contribution in [3.05, 3.63) is 69.1 Å². The van der Waals surface area contributed by atoms with Gasteiger partial charge in [-0.15, -0.1) is 0 Å². The Kier molecular flexibility index (Phi) is 7.33. The molecule has 0 amide bonds. The highest BCUT2D eigenvalue weighted by molar-refractivity contribution is 5.70. The summed E-state index contributed by atoms with van der Waals surface area (Å²) in [6, 6.07) is 16.6. The first-order chi connectivity index (χ1) is 13.4. The molecule has 0 aliphatic heterocycles. The van der Waals surface area contributed by atoms with Gasteiger partial charge in [-0.25, -0.2) is 0 Å². The van der Waals surface area contributed by atoms with Crippen LogP contribution in [0.25, 0.3) is 12.2 Å². The number of rotatable bonds is 4. The number of hydrogen-bond acceptors (Lipinski definition) is 8. The van der Waals surface area contributed by atoms with Crippen LogP contribution < -0.4 is 11.5 Å². The third kappa shape index (κ3) is 4.86. The molecular formula is C20H10N8. The van der Waals surface area contributed by atoms with Gasteiger partial charge in [-0.3, -0.25) is 0 Å². The van der Waals surface area contributed by atoms with Gasteiger partial charge in [-0.1, -0.05) is 18.2 Å². The van der Waals surface area contributed by atoms with Gasteiger partial charge in [0.15, 0.2) is 11.1 Å². The molecule has 0 aliphatic carbocycles. The first kappa shape index (κ1) is 20.8. The Morgan fingerprint density at radius 3 is 1.29 bits per heavy atom. The highest BCUT2D eigenvalue weighted by Crippen LogP contribution is 2.18. The van der Waals surface area contributed by atoms with Gasteiger partial charge in [-0.05, 0) is 29.3 Å². The van der Waals surface area contributed by atoms with Crippen molar-refractivity contribution >= 4 is 12.2 Å². The van der Waals surface area contributed by atoms with Crippen LogP contribution >= 0.6 is 0 Å². The number of nitriles is 6. The van der Waals surface area contributed by atoms with Crippen molar-refractivity contribution in [2.24, 2.45) is 11.5 Å². The zero-order valence-corrected chi connectivity index (χ0v) is 14.3. The van der Waals surface area contributed by atoms with Crippen molar-refractivity contribution in [3.8, 4) is 36.4 Å². The smallest absolute Gasteiger partial charge is 0.153 e. The molecule has 0 heterocycles. The molecule has 28 heavy (non-hydrogen) atoms. The third-order valence-electron chi connectivity index (χ3n) is 3.34. The fourth-order valence-corrected chi connectivity index (χ4v) is 1.97. The summed E-state index contributed by atoms with van der Waals surface area (Å²) < 4.78 is 0. The van der Waals surface area contributed by atoms with E-state index in [-0.39, 0.29) is 33.7 Å². The van der Waals surface area contributed by atoms with Crippen molar-refractivity contribution < 1.29 is 0 Å². The van der Waals surface area contributed by atoms with E-state index in [1.807, 2.05) is 12.1 Å². The molecule has 4 N–H and O–H groups in total. The van der Waals surface area contributed by atoms with E-state index in [0.29, 0.717) is 11.1 Å². The summed E-state index contributed by atoms with van der Waals surface area (Å²) in [5, 5.41) is 54.0. The molecule has 0 fully saturated rings. The van der Waals surface area contributed by atoms with E-state index in [9.17, 15) is 10.5 Å². The lowest BCUT2D eigenvalue weighted by atomic mass is 10.0. The maximum Gasteiger partial charge on any atom is 0.153 e. The molecule has 1 aromatic carbocycles. The van der Waals surface area contributed by atoms with Crippen LogP contribution in [0.3, 0.4) is 0 Å². The molecule has 0 saturated heterocycles. The van der Waals surface area contributed by atoms with Gasteiger partial charge >= 0.3 is 0 Å². The molecule has 0 aromatic heterocycles. The van der Waals surface area contributed by atoms with Gasteiger partial charge in [0.25, 0.3) is 0 Å². The molecule has 1 aromatic rings. The van der Waals surface area contributed by atoms with Gasteiger partial charge in [0, 0.05) is 0 Å². The summed E-state index contributed by atoms with van der Waals surface area (Å²) >= 11 is 0. The van der Waals surface area contributed by atoms with Gasteiger partial charge in [0.2, 0.25) is 0 Å². The molecule has 0 spiro atoms. The van der Waals surface area contributed by atoms with Crippen molar-refractivity contribution in [2.75, 3.05) is 0 Å². The summed E-state index contributed by atoms with van der Waals surface area (Å²) in [5.74, 6) is 0. The summed E-state index contributed by atoms with van der Waals surface area (Å²) in [4.78, 5) is 0. The first-order valence-corrected chi connectivity index (χ1v) is 7.40. The molecule has 130 valence electrons. The molecule has 0 bridgehead atoms. The predicted octanol–water partition coefficient (Wildman–Crippen LogP) is 2.02. The summed E-state index contributed by atoms with van der Waals surface area (Å²) in [7, 11) is 0. The van der Waals surface area contributed by atoms with E-state index in [1.165, 1.54) is 12.2 Å². The highest BCUT2D eigenvalue weighted by atomic mass is 14.6. The van der Waals surface area contributed by atoms with E-state index >= 15 is 0 Å². The third-order valence-corrected chi connectivity index (χ3v) is 3.34. The van der Waals surface area contributed by atoms with E-state index in [4.69, 9.17) is 32.5 Å². The molecule has 0 radical (unpaired) electrons. The zero-order chi connectivity index (χ0) is 21.1. The molecule has 1 rings (SSSR count). The summed E-state index contributed by atoms with van der Waals surface area (Å²) in [6.07, 6.45) is 2.76. The van der Waals surface area contributed by atoms with E-state index < -0.39 is 0 Å². The fraction of sp³-hybridized carbons (Fsp3) is 0. The number of hydrogen-bond donors (Lipinski definition) is 2. The fourth-order valence-electron chi connectivity index (χ4n) is 1.97. The van der Waals surface area contributed by atoms with Gasteiger partial charge in [0.05, 0.1) is 22.5 Å². The summed E-state index contributed by atoms with van der Waals surface area (Å²) in [6.45, 7) is 0. The Morgan fingerprint density at radius 1 is 0.643 bits per heavy atom. The van der Waals surface area contributed by atoms with Gasteiger partial charge < -0.3 is 11.5 Å². The Morgan fingerprint density at radius 2 is 1.00 bits per heavy atom.